The molecule has 0 aliphatic heterocycles. The Bertz CT molecular complexity index is 650. The molecule has 1 heterocycles. The lowest BCUT2D eigenvalue weighted by molar-refractivity contribution is 0.896. The predicted octanol–water partition coefficient (Wildman–Crippen LogP) is 4.79. The van der Waals surface area contributed by atoms with E-state index in [-0.39, 0.29) is 0 Å². The summed E-state index contributed by atoms with van der Waals surface area (Å²) in [6.45, 7) is 2.21. The zero-order chi connectivity index (χ0) is 12.4. The fraction of sp³-hybridized carbons (Fsp3) is 0.176. The van der Waals surface area contributed by atoms with Gasteiger partial charge in [0.1, 0.15) is 0 Å². The first kappa shape index (κ1) is 11.1. The molecular weight excluding hydrogens is 218 g/mol. The molecule has 3 rings (SSSR count). The first-order valence-corrected chi connectivity index (χ1v) is 6.54. The van der Waals surface area contributed by atoms with Crippen LogP contribution in [0.3, 0.4) is 0 Å². The second-order valence-corrected chi connectivity index (χ2v) is 4.68. The number of H-pyrrole nitrogens is 1. The smallest absolute Gasteiger partial charge is 0.0462 e. The van der Waals surface area contributed by atoms with Gasteiger partial charge in [-0.2, -0.15) is 0 Å². The second kappa shape index (κ2) is 4.69. The van der Waals surface area contributed by atoms with Gasteiger partial charge in [-0.25, -0.2) is 0 Å². The normalized spacial score (nSPS) is 10.9. The summed E-state index contributed by atoms with van der Waals surface area (Å²) in [5.41, 5.74) is 5.16. The third-order valence-corrected chi connectivity index (χ3v) is 3.32. The van der Waals surface area contributed by atoms with Crippen molar-refractivity contribution < 1.29 is 0 Å². The molecule has 1 heteroatoms. The van der Waals surface area contributed by atoms with Crippen LogP contribution in [0.2, 0.25) is 0 Å². The van der Waals surface area contributed by atoms with Crippen LogP contribution in [0.25, 0.3) is 22.0 Å². The third-order valence-electron chi connectivity index (χ3n) is 3.32. The van der Waals surface area contributed by atoms with Crippen LogP contribution in [0.5, 0.6) is 0 Å². The van der Waals surface area contributed by atoms with Crippen LogP contribution in [0.15, 0.2) is 54.6 Å². The minimum atomic E-state index is 1.11. The number of rotatable bonds is 3. The molecule has 0 atom stereocenters. The highest BCUT2D eigenvalue weighted by Crippen LogP contribution is 2.29. The van der Waals surface area contributed by atoms with Gasteiger partial charge in [0.2, 0.25) is 0 Å². The average molecular weight is 235 g/mol. The summed E-state index contributed by atoms with van der Waals surface area (Å²) < 4.78 is 0. The molecule has 0 fully saturated rings. The summed E-state index contributed by atoms with van der Waals surface area (Å²) in [6, 6.07) is 19.3. The number of hydrogen-bond acceptors (Lipinski definition) is 0. The minimum Gasteiger partial charge on any atom is -0.358 e. The van der Waals surface area contributed by atoms with Crippen molar-refractivity contribution in [1.29, 1.82) is 0 Å². The molecule has 0 saturated carbocycles. The van der Waals surface area contributed by atoms with Crippen molar-refractivity contribution in [3.05, 3.63) is 60.3 Å². The van der Waals surface area contributed by atoms with Gasteiger partial charge in [-0.05, 0) is 29.7 Å². The van der Waals surface area contributed by atoms with Crippen molar-refractivity contribution >= 4 is 10.9 Å². The minimum absolute atomic E-state index is 1.11. The van der Waals surface area contributed by atoms with E-state index in [1.165, 1.54) is 34.1 Å². The van der Waals surface area contributed by atoms with Crippen LogP contribution >= 0.6 is 0 Å². The number of aromatic amines is 1. The highest BCUT2D eigenvalue weighted by Gasteiger charge is 2.06. The van der Waals surface area contributed by atoms with E-state index in [2.05, 4.69) is 66.5 Å². The van der Waals surface area contributed by atoms with Gasteiger partial charge in [-0.1, -0.05) is 55.8 Å². The summed E-state index contributed by atoms with van der Waals surface area (Å²) in [5, 5.41) is 1.33. The van der Waals surface area contributed by atoms with Crippen molar-refractivity contribution in [1.82, 2.24) is 4.98 Å². The van der Waals surface area contributed by atoms with Crippen molar-refractivity contribution in [2.75, 3.05) is 0 Å². The van der Waals surface area contributed by atoms with Gasteiger partial charge in [0.25, 0.3) is 0 Å². The van der Waals surface area contributed by atoms with E-state index < -0.39 is 0 Å². The Hall–Kier alpha value is -2.02. The Morgan fingerprint density at radius 3 is 2.56 bits per heavy atom. The quantitative estimate of drug-likeness (QED) is 0.672. The topological polar surface area (TPSA) is 15.8 Å². The van der Waals surface area contributed by atoms with E-state index in [9.17, 15) is 0 Å². The van der Waals surface area contributed by atoms with Crippen molar-refractivity contribution in [2.45, 2.75) is 19.8 Å². The number of aromatic nitrogens is 1. The summed E-state index contributed by atoms with van der Waals surface area (Å²) in [5.74, 6) is 0. The van der Waals surface area contributed by atoms with Gasteiger partial charge >= 0.3 is 0 Å². The lowest BCUT2D eigenvalue weighted by Crippen LogP contribution is -1.79. The van der Waals surface area contributed by atoms with Crippen LogP contribution in [0.1, 0.15) is 19.0 Å². The largest absolute Gasteiger partial charge is 0.358 e. The number of nitrogens with one attached hydrogen (secondary N) is 1. The standard InChI is InChI=1S/C17H17N/c1-2-7-14-12-16-15(10-6-11-17(16)18-14)13-8-4-3-5-9-13/h3-6,8-12,18H,2,7H2,1H3. The molecule has 0 spiro atoms. The maximum atomic E-state index is 3.51. The summed E-state index contributed by atoms with van der Waals surface area (Å²) in [4.78, 5) is 3.51. The van der Waals surface area contributed by atoms with Crippen molar-refractivity contribution in [3.63, 3.8) is 0 Å². The van der Waals surface area contributed by atoms with E-state index in [1.54, 1.807) is 0 Å². The molecule has 1 nitrogen and oxygen atoms in total. The van der Waals surface area contributed by atoms with Crippen molar-refractivity contribution in [2.24, 2.45) is 0 Å². The number of aryl methyl sites for hydroxylation is 1. The zero-order valence-electron chi connectivity index (χ0n) is 10.6. The summed E-state index contributed by atoms with van der Waals surface area (Å²) in [7, 11) is 0. The first-order chi connectivity index (χ1) is 8.88. The van der Waals surface area contributed by atoms with Gasteiger partial charge in [-0.3, -0.25) is 0 Å². The highest BCUT2D eigenvalue weighted by atomic mass is 14.7. The fourth-order valence-corrected chi connectivity index (χ4v) is 2.49. The molecule has 0 aliphatic carbocycles. The Labute approximate surface area is 107 Å². The molecule has 1 N–H and O–H groups in total. The second-order valence-electron chi connectivity index (χ2n) is 4.68. The molecule has 18 heavy (non-hydrogen) atoms. The molecule has 0 amide bonds. The van der Waals surface area contributed by atoms with Gasteiger partial charge in [-0.15, -0.1) is 0 Å². The van der Waals surface area contributed by atoms with E-state index >= 15 is 0 Å². The van der Waals surface area contributed by atoms with E-state index in [4.69, 9.17) is 0 Å². The zero-order valence-corrected chi connectivity index (χ0v) is 10.6. The third kappa shape index (κ3) is 1.92. The van der Waals surface area contributed by atoms with Gasteiger partial charge in [0, 0.05) is 16.6 Å². The Balaban J connectivity index is 2.17. The van der Waals surface area contributed by atoms with E-state index in [0.29, 0.717) is 0 Å². The molecule has 0 unspecified atom stereocenters. The monoisotopic (exact) mass is 235 g/mol. The van der Waals surface area contributed by atoms with Gasteiger partial charge < -0.3 is 4.98 Å². The molecule has 0 aliphatic rings. The molecule has 3 aromatic rings. The molecule has 0 bridgehead atoms. The number of fused-ring (bicyclic) bond motifs is 1. The van der Waals surface area contributed by atoms with E-state index in [0.717, 1.165) is 6.42 Å². The van der Waals surface area contributed by atoms with Crippen LogP contribution in [0, 0.1) is 0 Å². The maximum Gasteiger partial charge on any atom is 0.0462 e. The molecular formula is C17H17N. The van der Waals surface area contributed by atoms with Crippen molar-refractivity contribution in [3.8, 4) is 11.1 Å². The average Bonchev–Trinajstić information content (AvgIpc) is 2.82. The predicted molar refractivity (Wildman–Crippen MR) is 77.7 cm³/mol. The molecule has 0 saturated heterocycles. The molecule has 90 valence electrons. The number of benzene rings is 2. The molecule has 2 aromatic carbocycles. The SMILES string of the molecule is CCCc1cc2c(-c3ccccc3)cccc2[nH]1. The summed E-state index contributed by atoms with van der Waals surface area (Å²) in [6.07, 6.45) is 2.29. The lowest BCUT2D eigenvalue weighted by atomic mass is 10.0. The maximum absolute atomic E-state index is 3.51. The van der Waals surface area contributed by atoms with Gasteiger partial charge in [0.15, 0.2) is 0 Å². The number of hydrogen-bond donors (Lipinski definition) is 1. The Kier molecular flexibility index (Phi) is 2.89. The van der Waals surface area contributed by atoms with Gasteiger partial charge in [0.05, 0.1) is 0 Å². The first-order valence-electron chi connectivity index (χ1n) is 6.54. The van der Waals surface area contributed by atoms with Crippen LogP contribution in [-0.4, -0.2) is 4.98 Å². The molecule has 0 radical (unpaired) electrons. The Morgan fingerprint density at radius 2 is 1.78 bits per heavy atom. The van der Waals surface area contributed by atoms with Crippen LogP contribution in [-0.2, 0) is 6.42 Å². The van der Waals surface area contributed by atoms with Crippen LogP contribution < -0.4 is 0 Å². The van der Waals surface area contributed by atoms with Crippen LogP contribution in [0.4, 0.5) is 0 Å². The Morgan fingerprint density at radius 1 is 0.944 bits per heavy atom. The summed E-state index contributed by atoms with van der Waals surface area (Å²) >= 11 is 0. The fourth-order valence-electron chi connectivity index (χ4n) is 2.49. The molecule has 1 aromatic heterocycles. The van der Waals surface area contributed by atoms with E-state index in [1.807, 2.05) is 0 Å². The lowest BCUT2D eigenvalue weighted by Gasteiger charge is -2.02. The highest BCUT2D eigenvalue weighted by molar-refractivity contribution is 5.95.